The van der Waals surface area contributed by atoms with Gasteiger partial charge in [-0.1, -0.05) is 30.6 Å². The van der Waals surface area contributed by atoms with Crippen molar-refractivity contribution < 1.29 is 9.26 Å². The van der Waals surface area contributed by atoms with E-state index in [-0.39, 0.29) is 6.10 Å². The highest BCUT2D eigenvalue weighted by Gasteiger charge is 2.17. The van der Waals surface area contributed by atoms with Crippen LogP contribution in [-0.4, -0.2) is 16.7 Å². The third-order valence-corrected chi connectivity index (χ3v) is 3.30. The molecule has 1 aromatic carbocycles. The van der Waals surface area contributed by atoms with Gasteiger partial charge in [-0.05, 0) is 37.5 Å². The first kappa shape index (κ1) is 15.5. The van der Waals surface area contributed by atoms with E-state index in [2.05, 4.69) is 17.1 Å². The number of ether oxygens (including phenoxy) is 1. The summed E-state index contributed by atoms with van der Waals surface area (Å²) in [5.41, 5.74) is 7.66. The number of rotatable bonds is 8. The first-order chi connectivity index (χ1) is 10.2. The lowest BCUT2D eigenvalue weighted by atomic mass is 10.1. The minimum absolute atomic E-state index is 0.0611. The molecule has 0 radical (unpaired) electrons. The van der Waals surface area contributed by atoms with Crippen LogP contribution in [-0.2, 0) is 17.6 Å². The molecule has 2 rings (SSSR count). The highest BCUT2D eigenvalue weighted by Crippen LogP contribution is 2.20. The van der Waals surface area contributed by atoms with E-state index in [0.29, 0.717) is 18.3 Å². The molecule has 0 aliphatic carbocycles. The minimum atomic E-state index is -0.0611. The number of anilines is 1. The maximum atomic E-state index is 5.67. The van der Waals surface area contributed by atoms with Gasteiger partial charge in [0.25, 0.3) is 0 Å². The summed E-state index contributed by atoms with van der Waals surface area (Å²) in [4.78, 5) is 4.45. The van der Waals surface area contributed by atoms with Crippen LogP contribution in [0.25, 0.3) is 0 Å². The van der Waals surface area contributed by atoms with E-state index in [4.69, 9.17) is 15.0 Å². The predicted octanol–water partition coefficient (Wildman–Crippen LogP) is 3.31. The Kier molecular flexibility index (Phi) is 5.75. The van der Waals surface area contributed by atoms with Crippen molar-refractivity contribution in [3.63, 3.8) is 0 Å². The van der Waals surface area contributed by atoms with Crippen LogP contribution in [0.4, 0.5) is 5.69 Å². The van der Waals surface area contributed by atoms with Gasteiger partial charge in [-0.3, -0.25) is 0 Å². The standard InChI is InChI=1S/C16H23N3O2/c1-3-5-14(20-4-2)16-18-15(21-19-16)11-8-12-6-9-13(17)10-7-12/h6-7,9-10,14H,3-5,8,11,17H2,1-2H3. The molecule has 0 bridgehead atoms. The molecular formula is C16H23N3O2. The molecule has 1 heterocycles. The summed E-state index contributed by atoms with van der Waals surface area (Å²) in [6, 6.07) is 7.85. The first-order valence-electron chi connectivity index (χ1n) is 7.51. The predicted molar refractivity (Wildman–Crippen MR) is 81.8 cm³/mol. The van der Waals surface area contributed by atoms with E-state index >= 15 is 0 Å². The van der Waals surface area contributed by atoms with Gasteiger partial charge in [0, 0.05) is 18.7 Å². The lowest BCUT2D eigenvalue weighted by Gasteiger charge is -2.11. The summed E-state index contributed by atoms with van der Waals surface area (Å²) >= 11 is 0. The summed E-state index contributed by atoms with van der Waals surface area (Å²) in [7, 11) is 0. The Bertz CT molecular complexity index is 531. The molecule has 0 amide bonds. The van der Waals surface area contributed by atoms with Crippen molar-refractivity contribution in [2.24, 2.45) is 0 Å². The largest absolute Gasteiger partial charge is 0.399 e. The first-order valence-corrected chi connectivity index (χ1v) is 7.51. The van der Waals surface area contributed by atoms with E-state index in [9.17, 15) is 0 Å². The maximum absolute atomic E-state index is 5.67. The third kappa shape index (κ3) is 4.56. The van der Waals surface area contributed by atoms with Crippen LogP contribution in [0, 0.1) is 0 Å². The fourth-order valence-electron chi connectivity index (χ4n) is 2.19. The van der Waals surface area contributed by atoms with Gasteiger partial charge in [0.15, 0.2) is 0 Å². The molecule has 0 spiro atoms. The monoisotopic (exact) mass is 289 g/mol. The van der Waals surface area contributed by atoms with Crippen LogP contribution in [0.5, 0.6) is 0 Å². The fraction of sp³-hybridized carbons (Fsp3) is 0.500. The molecule has 114 valence electrons. The molecule has 0 saturated heterocycles. The number of nitrogen functional groups attached to an aromatic ring is 1. The van der Waals surface area contributed by atoms with Crippen molar-refractivity contribution in [2.75, 3.05) is 12.3 Å². The van der Waals surface area contributed by atoms with E-state index in [1.54, 1.807) is 0 Å². The molecule has 2 aromatic rings. The molecule has 1 unspecified atom stereocenters. The van der Waals surface area contributed by atoms with Crippen LogP contribution >= 0.6 is 0 Å². The SMILES string of the molecule is CCCC(OCC)c1noc(CCc2ccc(N)cc2)n1. The number of benzene rings is 1. The fourth-order valence-corrected chi connectivity index (χ4v) is 2.19. The quantitative estimate of drug-likeness (QED) is 0.755. The molecule has 1 atom stereocenters. The van der Waals surface area contributed by atoms with Gasteiger partial charge in [0.2, 0.25) is 11.7 Å². The molecule has 2 N–H and O–H groups in total. The number of nitrogens with zero attached hydrogens (tertiary/aromatic N) is 2. The Hall–Kier alpha value is -1.88. The van der Waals surface area contributed by atoms with Crippen molar-refractivity contribution in [3.05, 3.63) is 41.5 Å². The lowest BCUT2D eigenvalue weighted by molar-refractivity contribution is 0.0478. The zero-order chi connectivity index (χ0) is 15.1. The Morgan fingerprint density at radius 3 is 2.62 bits per heavy atom. The van der Waals surface area contributed by atoms with Crippen LogP contribution in [0.1, 0.15) is 50.1 Å². The lowest BCUT2D eigenvalue weighted by Crippen LogP contribution is -2.06. The second-order valence-electron chi connectivity index (χ2n) is 5.02. The number of nitrogens with two attached hydrogens (primary N) is 1. The van der Waals surface area contributed by atoms with Crippen LogP contribution in [0.15, 0.2) is 28.8 Å². The topological polar surface area (TPSA) is 74.2 Å². The molecular weight excluding hydrogens is 266 g/mol. The van der Waals surface area contributed by atoms with Crippen LogP contribution in [0.3, 0.4) is 0 Å². The molecule has 0 aliphatic rings. The third-order valence-electron chi connectivity index (χ3n) is 3.30. The van der Waals surface area contributed by atoms with Gasteiger partial charge < -0.3 is 15.0 Å². The van der Waals surface area contributed by atoms with Crippen molar-refractivity contribution >= 4 is 5.69 Å². The van der Waals surface area contributed by atoms with E-state index in [0.717, 1.165) is 31.4 Å². The van der Waals surface area contributed by atoms with Crippen LogP contribution in [0.2, 0.25) is 0 Å². The maximum Gasteiger partial charge on any atom is 0.227 e. The Morgan fingerprint density at radius 1 is 1.19 bits per heavy atom. The Labute approximate surface area is 125 Å². The van der Waals surface area contributed by atoms with Crippen molar-refractivity contribution in [3.8, 4) is 0 Å². The summed E-state index contributed by atoms with van der Waals surface area (Å²) in [6.07, 6.45) is 3.45. The zero-order valence-corrected chi connectivity index (χ0v) is 12.7. The number of hydrogen-bond acceptors (Lipinski definition) is 5. The van der Waals surface area contributed by atoms with Gasteiger partial charge in [-0.25, -0.2) is 0 Å². The second-order valence-corrected chi connectivity index (χ2v) is 5.02. The number of aromatic nitrogens is 2. The molecule has 5 nitrogen and oxygen atoms in total. The average molecular weight is 289 g/mol. The zero-order valence-electron chi connectivity index (χ0n) is 12.7. The van der Waals surface area contributed by atoms with E-state index in [1.807, 2.05) is 31.2 Å². The highest BCUT2D eigenvalue weighted by molar-refractivity contribution is 5.39. The van der Waals surface area contributed by atoms with Gasteiger partial charge in [-0.2, -0.15) is 4.98 Å². The molecule has 0 saturated carbocycles. The number of hydrogen-bond donors (Lipinski definition) is 1. The molecule has 5 heteroatoms. The summed E-state index contributed by atoms with van der Waals surface area (Å²) < 4.78 is 11.0. The minimum Gasteiger partial charge on any atom is -0.399 e. The van der Waals surface area contributed by atoms with Crippen molar-refractivity contribution in [2.45, 2.75) is 45.6 Å². The molecule has 21 heavy (non-hydrogen) atoms. The van der Waals surface area contributed by atoms with Gasteiger partial charge >= 0.3 is 0 Å². The van der Waals surface area contributed by atoms with Crippen LogP contribution < -0.4 is 5.73 Å². The normalized spacial score (nSPS) is 12.5. The van der Waals surface area contributed by atoms with Crippen molar-refractivity contribution in [1.29, 1.82) is 0 Å². The summed E-state index contributed by atoms with van der Waals surface area (Å²) in [6.45, 7) is 4.75. The average Bonchev–Trinajstić information content (AvgIpc) is 2.95. The second kappa shape index (κ2) is 7.78. The van der Waals surface area contributed by atoms with Gasteiger partial charge in [0.1, 0.15) is 6.10 Å². The Morgan fingerprint density at radius 2 is 1.95 bits per heavy atom. The molecule has 0 aliphatic heterocycles. The smallest absolute Gasteiger partial charge is 0.227 e. The van der Waals surface area contributed by atoms with E-state index < -0.39 is 0 Å². The van der Waals surface area contributed by atoms with Gasteiger partial charge in [-0.15, -0.1) is 0 Å². The van der Waals surface area contributed by atoms with Crippen molar-refractivity contribution in [1.82, 2.24) is 10.1 Å². The molecule has 1 aromatic heterocycles. The summed E-state index contributed by atoms with van der Waals surface area (Å²) in [5, 5.41) is 4.05. The molecule has 0 fully saturated rings. The van der Waals surface area contributed by atoms with E-state index in [1.165, 1.54) is 5.56 Å². The summed E-state index contributed by atoms with van der Waals surface area (Å²) in [5.74, 6) is 1.31. The van der Waals surface area contributed by atoms with Gasteiger partial charge in [0.05, 0.1) is 0 Å². The Balaban J connectivity index is 1.94. The number of aryl methyl sites for hydroxylation is 2. The highest BCUT2D eigenvalue weighted by atomic mass is 16.5.